The molecule has 0 N–H and O–H groups in total. The second-order valence-electron chi connectivity index (χ2n) is 4.09. The highest BCUT2D eigenvalue weighted by Gasteiger charge is 2.15. The fourth-order valence-electron chi connectivity index (χ4n) is 1.80. The largest absolute Gasteiger partial charge is 0.481 e. The van der Waals surface area contributed by atoms with Crippen LogP contribution in [0.25, 0.3) is 5.70 Å². The SMILES string of the molecule is C#CCOc1ccc(C2=CC=C(I)C(=C)N2C)cc1. The van der Waals surface area contributed by atoms with E-state index in [1.54, 1.807) is 0 Å². The van der Waals surface area contributed by atoms with Gasteiger partial charge in [0.2, 0.25) is 0 Å². The Bertz CT molecular complexity index is 590. The van der Waals surface area contributed by atoms with Crippen LogP contribution in [0.3, 0.4) is 0 Å². The van der Waals surface area contributed by atoms with E-state index in [0.29, 0.717) is 6.61 Å². The summed E-state index contributed by atoms with van der Waals surface area (Å²) in [5.74, 6) is 3.23. The first-order chi connectivity index (χ1) is 9.13. The highest BCUT2D eigenvalue weighted by molar-refractivity contribution is 14.1. The summed E-state index contributed by atoms with van der Waals surface area (Å²) in [4.78, 5) is 2.08. The van der Waals surface area contributed by atoms with Crippen molar-refractivity contribution in [2.24, 2.45) is 0 Å². The van der Waals surface area contributed by atoms with Crippen LogP contribution in [0.15, 0.2) is 52.3 Å². The van der Waals surface area contributed by atoms with Crippen LogP contribution in [0, 0.1) is 12.3 Å². The maximum absolute atomic E-state index is 5.36. The molecule has 2 rings (SSSR count). The van der Waals surface area contributed by atoms with Crippen molar-refractivity contribution < 1.29 is 4.74 Å². The summed E-state index contributed by atoms with van der Waals surface area (Å²) in [6, 6.07) is 7.89. The minimum atomic E-state index is 0.291. The Morgan fingerprint density at radius 2 is 2.00 bits per heavy atom. The van der Waals surface area contributed by atoms with Gasteiger partial charge in [-0.2, -0.15) is 0 Å². The number of allylic oxidation sites excluding steroid dienone is 3. The van der Waals surface area contributed by atoms with Crippen LogP contribution in [0.4, 0.5) is 0 Å². The number of benzene rings is 1. The molecule has 0 aliphatic carbocycles. The van der Waals surface area contributed by atoms with Gasteiger partial charge in [-0.1, -0.05) is 12.5 Å². The average molecular weight is 363 g/mol. The predicted molar refractivity (Wildman–Crippen MR) is 87.8 cm³/mol. The molecule has 1 heterocycles. The second-order valence-corrected chi connectivity index (χ2v) is 5.25. The molecule has 3 heteroatoms. The van der Waals surface area contributed by atoms with Crippen molar-refractivity contribution in [1.82, 2.24) is 4.90 Å². The van der Waals surface area contributed by atoms with Gasteiger partial charge in [0, 0.05) is 22.0 Å². The van der Waals surface area contributed by atoms with E-state index in [4.69, 9.17) is 11.2 Å². The van der Waals surface area contributed by atoms with E-state index in [-0.39, 0.29) is 0 Å². The Hall–Kier alpha value is -1.67. The normalized spacial score (nSPS) is 14.6. The molecule has 0 saturated heterocycles. The molecule has 0 atom stereocenters. The van der Waals surface area contributed by atoms with E-state index < -0.39 is 0 Å². The van der Waals surface area contributed by atoms with Crippen LogP contribution in [0.2, 0.25) is 0 Å². The molecule has 19 heavy (non-hydrogen) atoms. The lowest BCUT2D eigenvalue weighted by Crippen LogP contribution is -2.17. The van der Waals surface area contributed by atoms with Crippen molar-refractivity contribution in [2.75, 3.05) is 13.7 Å². The van der Waals surface area contributed by atoms with Gasteiger partial charge in [0.25, 0.3) is 0 Å². The summed E-state index contributed by atoms with van der Waals surface area (Å²) in [5, 5.41) is 0. The molecule has 0 amide bonds. The van der Waals surface area contributed by atoms with Crippen molar-refractivity contribution in [2.45, 2.75) is 0 Å². The van der Waals surface area contributed by atoms with E-state index in [2.05, 4.69) is 52.1 Å². The summed E-state index contributed by atoms with van der Waals surface area (Å²) < 4.78 is 6.51. The van der Waals surface area contributed by atoms with Crippen molar-refractivity contribution in [3.05, 3.63) is 57.8 Å². The Labute approximate surface area is 127 Å². The summed E-state index contributed by atoms with van der Waals surface area (Å²) in [6.45, 7) is 4.36. The molecule has 0 saturated carbocycles. The zero-order valence-electron chi connectivity index (χ0n) is 10.7. The number of hydrogen-bond donors (Lipinski definition) is 0. The van der Waals surface area contributed by atoms with Crippen LogP contribution in [-0.2, 0) is 0 Å². The summed E-state index contributed by atoms with van der Waals surface area (Å²) in [6.07, 6.45) is 9.32. The van der Waals surface area contributed by atoms with Gasteiger partial charge in [-0.25, -0.2) is 0 Å². The molecule has 1 aliphatic heterocycles. The highest BCUT2D eigenvalue weighted by Crippen LogP contribution is 2.32. The number of halogens is 1. The van der Waals surface area contributed by atoms with Gasteiger partial charge in [-0.05, 0) is 64.6 Å². The molecule has 0 spiro atoms. The molecule has 0 fully saturated rings. The van der Waals surface area contributed by atoms with Gasteiger partial charge in [-0.3, -0.25) is 0 Å². The lowest BCUT2D eigenvalue weighted by Gasteiger charge is -2.27. The molecule has 0 radical (unpaired) electrons. The van der Waals surface area contributed by atoms with E-state index in [9.17, 15) is 0 Å². The van der Waals surface area contributed by atoms with Crippen molar-refractivity contribution >= 4 is 28.3 Å². The molecule has 2 nitrogen and oxygen atoms in total. The van der Waals surface area contributed by atoms with Crippen LogP contribution < -0.4 is 4.74 Å². The number of hydrogen-bond acceptors (Lipinski definition) is 2. The maximum atomic E-state index is 5.36. The van der Waals surface area contributed by atoms with Crippen LogP contribution in [-0.4, -0.2) is 18.6 Å². The van der Waals surface area contributed by atoms with Gasteiger partial charge in [0.15, 0.2) is 0 Å². The van der Waals surface area contributed by atoms with Gasteiger partial charge in [-0.15, -0.1) is 6.42 Å². The molecular weight excluding hydrogens is 349 g/mol. The van der Waals surface area contributed by atoms with Crippen molar-refractivity contribution in [3.63, 3.8) is 0 Å². The third-order valence-electron chi connectivity index (χ3n) is 2.90. The van der Waals surface area contributed by atoms with E-state index in [1.807, 2.05) is 31.3 Å². The topological polar surface area (TPSA) is 12.5 Å². The van der Waals surface area contributed by atoms with Gasteiger partial charge in [0.1, 0.15) is 12.4 Å². The smallest absolute Gasteiger partial charge is 0.148 e. The first kappa shape index (κ1) is 13.8. The summed E-state index contributed by atoms with van der Waals surface area (Å²) in [7, 11) is 2.02. The maximum Gasteiger partial charge on any atom is 0.148 e. The Morgan fingerprint density at radius 3 is 2.63 bits per heavy atom. The fraction of sp³-hybridized carbons (Fsp3) is 0.125. The molecule has 96 valence electrons. The Kier molecular flexibility index (Phi) is 4.33. The van der Waals surface area contributed by atoms with Crippen LogP contribution in [0.5, 0.6) is 5.75 Å². The molecule has 1 aromatic rings. The third kappa shape index (κ3) is 3.02. The quantitative estimate of drug-likeness (QED) is 0.598. The van der Waals surface area contributed by atoms with Crippen molar-refractivity contribution in [1.29, 1.82) is 0 Å². The Balaban J connectivity index is 2.23. The first-order valence-corrected chi connectivity index (χ1v) is 6.88. The van der Waals surface area contributed by atoms with Crippen LogP contribution in [0.1, 0.15) is 5.56 Å². The average Bonchev–Trinajstić information content (AvgIpc) is 2.44. The second kappa shape index (κ2) is 5.98. The number of rotatable bonds is 3. The van der Waals surface area contributed by atoms with Gasteiger partial charge in [0.05, 0.1) is 0 Å². The highest BCUT2D eigenvalue weighted by atomic mass is 127. The zero-order chi connectivity index (χ0) is 13.8. The number of likely N-dealkylation sites (N-methyl/N-ethyl adjacent to an activating group) is 1. The minimum Gasteiger partial charge on any atom is -0.481 e. The Morgan fingerprint density at radius 1 is 1.32 bits per heavy atom. The fourth-order valence-corrected chi connectivity index (χ4v) is 2.34. The lowest BCUT2D eigenvalue weighted by atomic mass is 10.1. The number of nitrogens with zero attached hydrogens (tertiary/aromatic N) is 1. The van der Waals surface area contributed by atoms with E-state index >= 15 is 0 Å². The van der Waals surface area contributed by atoms with Gasteiger partial charge < -0.3 is 9.64 Å². The molecule has 0 bridgehead atoms. The standard InChI is InChI=1S/C16H14INO/c1-4-11-19-14-7-5-13(6-8-14)16-10-9-15(17)12(2)18(16)3/h1,5-10H,2,11H2,3H3. The molecule has 0 aromatic heterocycles. The predicted octanol–water partition coefficient (Wildman–Crippen LogP) is 3.82. The molecule has 1 aromatic carbocycles. The summed E-state index contributed by atoms with van der Waals surface area (Å²) in [5.41, 5.74) is 3.25. The van der Waals surface area contributed by atoms with Crippen molar-refractivity contribution in [3.8, 4) is 18.1 Å². The van der Waals surface area contributed by atoms with E-state index in [0.717, 1.165) is 26.3 Å². The number of ether oxygens (including phenoxy) is 1. The summed E-state index contributed by atoms with van der Waals surface area (Å²) >= 11 is 2.28. The third-order valence-corrected chi connectivity index (χ3v) is 3.88. The molecule has 1 aliphatic rings. The number of terminal acetylenes is 1. The van der Waals surface area contributed by atoms with Crippen LogP contribution >= 0.6 is 22.6 Å². The lowest BCUT2D eigenvalue weighted by molar-refractivity contribution is 0.370. The van der Waals surface area contributed by atoms with Gasteiger partial charge >= 0.3 is 0 Å². The monoisotopic (exact) mass is 363 g/mol. The minimum absolute atomic E-state index is 0.291. The first-order valence-electron chi connectivity index (χ1n) is 5.80. The zero-order valence-corrected chi connectivity index (χ0v) is 12.8. The molecular formula is C16H14INO. The molecule has 0 unspecified atom stereocenters. The van der Waals surface area contributed by atoms with E-state index in [1.165, 1.54) is 0 Å².